The van der Waals surface area contributed by atoms with Gasteiger partial charge in [-0.1, -0.05) is 6.92 Å². The molecule has 1 N–H and O–H groups in total. The maximum atomic E-state index is 5.69. The van der Waals surface area contributed by atoms with Crippen molar-refractivity contribution < 1.29 is 4.74 Å². The highest BCUT2D eigenvalue weighted by Gasteiger charge is 2.34. The number of ether oxygens (including phenoxy) is 1. The molecule has 0 bridgehead atoms. The van der Waals surface area contributed by atoms with E-state index in [1.54, 1.807) is 0 Å². The molecule has 2 aliphatic heterocycles. The highest BCUT2D eigenvalue weighted by Crippen LogP contribution is 2.19. The van der Waals surface area contributed by atoms with E-state index >= 15 is 0 Å². The quantitative estimate of drug-likeness (QED) is 0.773. The molecule has 4 heteroatoms. The van der Waals surface area contributed by atoms with Crippen molar-refractivity contribution in [1.29, 1.82) is 0 Å². The topological polar surface area (TPSA) is 27.7 Å². The second kappa shape index (κ2) is 6.14. The predicted octanol–water partition coefficient (Wildman–Crippen LogP) is 0.389. The molecule has 0 aromatic heterocycles. The normalized spacial score (nSPS) is 37.2. The summed E-state index contributed by atoms with van der Waals surface area (Å²) in [6.45, 7) is 10.9. The van der Waals surface area contributed by atoms with Crippen molar-refractivity contribution in [2.45, 2.75) is 38.4 Å². The summed E-state index contributed by atoms with van der Waals surface area (Å²) in [6.07, 6.45) is 1.15. The Morgan fingerprint density at radius 2 is 2.18 bits per heavy atom. The van der Waals surface area contributed by atoms with Gasteiger partial charge in [-0.2, -0.15) is 0 Å². The fraction of sp³-hybridized carbons (Fsp3) is 1.00. The first-order chi connectivity index (χ1) is 8.22. The highest BCUT2D eigenvalue weighted by molar-refractivity contribution is 4.92. The van der Waals surface area contributed by atoms with Crippen molar-refractivity contribution in [3.8, 4) is 0 Å². The lowest BCUT2D eigenvalue weighted by Gasteiger charge is -2.47. The van der Waals surface area contributed by atoms with Crippen LogP contribution < -0.4 is 5.32 Å². The summed E-state index contributed by atoms with van der Waals surface area (Å²) in [4.78, 5) is 5.07. The van der Waals surface area contributed by atoms with Gasteiger partial charge < -0.3 is 15.0 Å². The van der Waals surface area contributed by atoms with Crippen LogP contribution in [0.15, 0.2) is 0 Å². The molecular weight excluding hydrogens is 214 g/mol. The fourth-order valence-electron chi connectivity index (χ4n) is 3.20. The van der Waals surface area contributed by atoms with E-state index in [2.05, 4.69) is 36.0 Å². The van der Waals surface area contributed by atoms with Gasteiger partial charge in [0.25, 0.3) is 0 Å². The fourth-order valence-corrected chi connectivity index (χ4v) is 3.20. The Bertz CT molecular complexity index is 235. The molecule has 3 atom stereocenters. The standard InChI is InChI=1S/C13H27N3O/c1-4-14-12-5-8-17-10-13(12)16-7-6-15(3)9-11(16)2/h11-14H,4-10H2,1-3H3. The maximum Gasteiger partial charge on any atom is 0.0637 e. The molecule has 100 valence electrons. The molecular formula is C13H27N3O. The summed E-state index contributed by atoms with van der Waals surface area (Å²) >= 11 is 0. The number of nitrogens with one attached hydrogen (secondary N) is 1. The molecule has 0 aliphatic carbocycles. The van der Waals surface area contributed by atoms with Gasteiger partial charge in [0.15, 0.2) is 0 Å². The largest absolute Gasteiger partial charge is 0.380 e. The van der Waals surface area contributed by atoms with Crippen LogP contribution in [0.3, 0.4) is 0 Å². The second-order valence-electron chi connectivity index (χ2n) is 5.44. The van der Waals surface area contributed by atoms with Gasteiger partial charge in [-0.3, -0.25) is 4.90 Å². The monoisotopic (exact) mass is 241 g/mol. The maximum absolute atomic E-state index is 5.69. The molecule has 4 nitrogen and oxygen atoms in total. The number of hydrogen-bond acceptors (Lipinski definition) is 4. The van der Waals surface area contributed by atoms with Crippen LogP contribution in [-0.4, -0.2) is 74.4 Å². The highest BCUT2D eigenvalue weighted by atomic mass is 16.5. The Balaban J connectivity index is 1.97. The van der Waals surface area contributed by atoms with E-state index in [1.807, 2.05) is 0 Å². The first-order valence-electron chi connectivity index (χ1n) is 6.97. The van der Waals surface area contributed by atoms with Gasteiger partial charge in [-0.15, -0.1) is 0 Å². The molecule has 2 heterocycles. The Morgan fingerprint density at radius 1 is 1.35 bits per heavy atom. The predicted molar refractivity (Wildman–Crippen MR) is 70.4 cm³/mol. The van der Waals surface area contributed by atoms with Crippen LogP contribution in [0.1, 0.15) is 20.3 Å². The Hall–Kier alpha value is -0.160. The van der Waals surface area contributed by atoms with Crippen molar-refractivity contribution in [3.63, 3.8) is 0 Å². The van der Waals surface area contributed by atoms with Crippen LogP contribution in [0.25, 0.3) is 0 Å². The Labute approximate surface area is 105 Å². The first-order valence-corrected chi connectivity index (χ1v) is 6.97. The summed E-state index contributed by atoms with van der Waals surface area (Å²) in [5, 5.41) is 3.63. The minimum Gasteiger partial charge on any atom is -0.380 e. The molecule has 2 aliphatic rings. The van der Waals surface area contributed by atoms with E-state index in [4.69, 9.17) is 4.74 Å². The average molecular weight is 241 g/mol. The molecule has 2 fully saturated rings. The number of piperazine rings is 1. The van der Waals surface area contributed by atoms with E-state index in [1.165, 1.54) is 19.6 Å². The Kier molecular flexibility index (Phi) is 4.79. The number of rotatable bonds is 3. The van der Waals surface area contributed by atoms with E-state index in [9.17, 15) is 0 Å². The van der Waals surface area contributed by atoms with E-state index in [0.717, 1.165) is 26.2 Å². The zero-order valence-electron chi connectivity index (χ0n) is 11.5. The molecule has 0 amide bonds. The summed E-state index contributed by atoms with van der Waals surface area (Å²) in [5.74, 6) is 0. The van der Waals surface area contributed by atoms with Crippen LogP contribution in [0.4, 0.5) is 0 Å². The van der Waals surface area contributed by atoms with Gasteiger partial charge in [0, 0.05) is 44.4 Å². The second-order valence-corrected chi connectivity index (χ2v) is 5.44. The van der Waals surface area contributed by atoms with Gasteiger partial charge in [0.2, 0.25) is 0 Å². The molecule has 0 saturated carbocycles. The molecule has 17 heavy (non-hydrogen) atoms. The Morgan fingerprint density at radius 3 is 2.88 bits per heavy atom. The van der Waals surface area contributed by atoms with Crippen molar-refractivity contribution >= 4 is 0 Å². The molecule has 0 aromatic carbocycles. The van der Waals surface area contributed by atoms with E-state index in [-0.39, 0.29) is 0 Å². The van der Waals surface area contributed by atoms with Crippen molar-refractivity contribution in [2.24, 2.45) is 0 Å². The lowest BCUT2D eigenvalue weighted by molar-refractivity contribution is -0.0367. The summed E-state index contributed by atoms with van der Waals surface area (Å²) in [5.41, 5.74) is 0. The van der Waals surface area contributed by atoms with Gasteiger partial charge in [0.05, 0.1) is 6.61 Å². The molecule has 2 saturated heterocycles. The van der Waals surface area contributed by atoms with Gasteiger partial charge in [-0.25, -0.2) is 0 Å². The minimum absolute atomic E-state index is 0.562. The van der Waals surface area contributed by atoms with Crippen molar-refractivity contribution in [3.05, 3.63) is 0 Å². The molecule has 2 rings (SSSR count). The van der Waals surface area contributed by atoms with Crippen molar-refractivity contribution in [2.75, 3.05) is 46.4 Å². The average Bonchev–Trinajstić information content (AvgIpc) is 2.31. The third kappa shape index (κ3) is 3.19. The van der Waals surface area contributed by atoms with Crippen LogP contribution in [-0.2, 0) is 4.74 Å². The van der Waals surface area contributed by atoms with Gasteiger partial charge in [-0.05, 0) is 26.9 Å². The molecule has 0 aromatic rings. The third-order valence-corrected chi connectivity index (χ3v) is 4.10. The number of likely N-dealkylation sites (N-methyl/N-ethyl adjacent to an activating group) is 2. The van der Waals surface area contributed by atoms with E-state index < -0.39 is 0 Å². The molecule has 0 spiro atoms. The zero-order chi connectivity index (χ0) is 12.3. The number of hydrogen-bond donors (Lipinski definition) is 1. The minimum atomic E-state index is 0.562. The smallest absolute Gasteiger partial charge is 0.0637 e. The van der Waals surface area contributed by atoms with Gasteiger partial charge >= 0.3 is 0 Å². The summed E-state index contributed by atoms with van der Waals surface area (Å²) < 4.78 is 5.69. The van der Waals surface area contributed by atoms with Crippen molar-refractivity contribution in [1.82, 2.24) is 15.1 Å². The van der Waals surface area contributed by atoms with Gasteiger partial charge in [0.1, 0.15) is 0 Å². The van der Waals surface area contributed by atoms with Crippen LogP contribution in [0.2, 0.25) is 0 Å². The SMILES string of the molecule is CCNC1CCOCC1N1CCN(C)CC1C. The van der Waals surface area contributed by atoms with Crippen LogP contribution >= 0.6 is 0 Å². The number of nitrogens with zero attached hydrogens (tertiary/aromatic N) is 2. The lowest BCUT2D eigenvalue weighted by atomic mass is 9.99. The molecule has 0 radical (unpaired) electrons. The zero-order valence-corrected chi connectivity index (χ0v) is 11.5. The van der Waals surface area contributed by atoms with Crippen LogP contribution in [0.5, 0.6) is 0 Å². The third-order valence-electron chi connectivity index (χ3n) is 4.10. The van der Waals surface area contributed by atoms with E-state index in [0.29, 0.717) is 18.1 Å². The summed E-state index contributed by atoms with van der Waals surface area (Å²) in [6, 6.07) is 1.81. The van der Waals surface area contributed by atoms with Crippen LogP contribution in [0, 0.1) is 0 Å². The summed E-state index contributed by atoms with van der Waals surface area (Å²) in [7, 11) is 2.22. The first kappa shape index (κ1) is 13.3. The molecule has 3 unspecified atom stereocenters. The lowest BCUT2D eigenvalue weighted by Crippen LogP contribution is -2.62.